The van der Waals surface area contributed by atoms with Gasteiger partial charge in [0.2, 0.25) is 0 Å². The summed E-state index contributed by atoms with van der Waals surface area (Å²) in [5.74, 6) is 0. The van der Waals surface area contributed by atoms with E-state index in [2.05, 4.69) is 23.9 Å². The molecule has 0 aromatic rings. The Labute approximate surface area is 128 Å². The first-order valence-electron chi connectivity index (χ1n) is 7.15. The average Bonchev–Trinajstić information content (AvgIpc) is 2.68. The molecule has 21 heavy (non-hydrogen) atoms. The Balaban J connectivity index is 2.05. The fraction of sp³-hybridized carbons (Fsp3) is 1.00. The van der Waals surface area contributed by atoms with Crippen molar-refractivity contribution in [2.75, 3.05) is 0 Å². The average molecular weight is 317 g/mol. The molecule has 2 rings (SSSR count). The molecule has 0 bridgehead atoms. The molecule has 1 saturated carbocycles. The number of rotatable bonds is 3. The van der Waals surface area contributed by atoms with Crippen LogP contribution >= 0.6 is 11.8 Å². The molecule has 1 aliphatic carbocycles. The van der Waals surface area contributed by atoms with E-state index in [9.17, 15) is 15.3 Å². The highest BCUT2D eigenvalue weighted by molar-refractivity contribution is 8.00. The molecular formula is C13H23N3O4S. The maximum atomic E-state index is 10.1. The molecule has 120 valence electrons. The summed E-state index contributed by atoms with van der Waals surface area (Å²) in [6, 6.07) is -0.0452. The molecule has 0 radical (unpaired) electrons. The smallest absolute Gasteiger partial charge is 0.132 e. The zero-order valence-corrected chi connectivity index (χ0v) is 13.3. The lowest BCUT2D eigenvalue weighted by molar-refractivity contribution is -0.192. The zero-order valence-electron chi connectivity index (χ0n) is 12.5. The molecule has 7 atom stereocenters. The van der Waals surface area contributed by atoms with E-state index in [1.807, 2.05) is 0 Å². The second-order valence-corrected chi connectivity index (χ2v) is 7.90. The van der Waals surface area contributed by atoms with Crippen molar-refractivity contribution in [3.05, 3.63) is 10.4 Å². The summed E-state index contributed by atoms with van der Waals surface area (Å²) in [5.41, 5.74) is 7.94. The van der Waals surface area contributed by atoms with E-state index in [1.54, 1.807) is 6.92 Å². The van der Waals surface area contributed by atoms with Crippen LogP contribution in [0.15, 0.2) is 5.11 Å². The molecule has 8 heteroatoms. The van der Waals surface area contributed by atoms with Gasteiger partial charge in [0.05, 0.1) is 6.10 Å². The highest BCUT2D eigenvalue weighted by atomic mass is 32.2. The fourth-order valence-electron chi connectivity index (χ4n) is 3.08. The summed E-state index contributed by atoms with van der Waals surface area (Å²) in [5, 5.41) is 33.6. The number of thioether (sulfide) groups is 1. The molecule has 2 aliphatic rings. The van der Waals surface area contributed by atoms with Crippen LogP contribution in [-0.4, -0.2) is 56.5 Å². The topological polar surface area (TPSA) is 119 Å². The van der Waals surface area contributed by atoms with Gasteiger partial charge in [0.15, 0.2) is 0 Å². The van der Waals surface area contributed by atoms with Crippen LogP contribution in [0, 0.1) is 5.41 Å². The van der Waals surface area contributed by atoms with Crippen LogP contribution in [0.2, 0.25) is 0 Å². The van der Waals surface area contributed by atoms with E-state index in [-0.39, 0.29) is 16.7 Å². The largest absolute Gasteiger partial charge is 0.388 e. The monoisotopic (exact) mass is 317 g/mol. The second kappa shape index (κ2) is 6.32. The normalized spacial score (nSPS) is 46.1. The van der Waals surface area contributed by atoms with Gasteiger partial charge in [-0.05, 0) is 30.7 Å². The fourth-order valence-corrected chi connectivity index (χ4v) is 4.76. The van der Waals surface area contributed by atoms with Crippen LogP contribution in [-0.2, 0) is 4.74 Å². The van der Waals surface area contributed by atoms with Crippen LogP contribution in [0.4, 0.5) is 0 Å². The molecule has 3 N–H and O–H groups in total. The van der Waals surface area contributed by atoms with Crippen LogP contribution < -0.4 is 0 Å². The van der Waals surface area contributed by atoms with E-state index in [0.29, 0.717) is 0 Å². The van der Waals surface area contributed by atoms with Gasteiger partial charge < -0.3 is 20.1 Å². The number of ether oxygens (including phenoxy) is 1. The van der Waals surface area contributed by atoms with Gasteiger partial charge in [0.25, 0.3) is 0 Å². The Morgan fingerprint density at radius 3 is 2.52 bits per heavy atom. The third kappa shape index (κ3) is 3.47. The number of hydrogen-bond acceptors (Lipinski definition) is 6. The van der Waals surface area contributed by atoms with E-state index >= 15 is 0 Å². The molecule has 0 aromatic carbocycles. The van der Waals surface area contributed by atoms with Crippen molar-refractivity contribution in [1.82, 2.24) is 0 Å². The predicted octanol–water partition coefficient (Wildman–Crippen LogP) is 1.41. The molecule has 0 amide bonds. The van der Waals surface area contributed by atoms with Crippen molar-refractivity contribution < 1.29 is 20.1 Å². The summed E-state index contributed by atoms with van der Waals surface area (Å²) in [6.45, 7) is 5.87. The Morgan fingerprint density at radius 2 is 1.90 bits per heavy atom. The lowest BCUT2D eigenvalue weighted by atomic mass is 9.91. The Kier molecular flexibility index (Phi) is 5.07. The second-order valence-electron chi connectivity index (χ2n) is 6.59. The van der Waals surface area contributed by atoms with Crippen molar-refractivity contribution >= 4 is 11.8 Å². The Morgan fingerprint density at radius 1 is 1.24 bits per heavy atom. The van der Waals surface area contributed by atoms with Gasteiger partial charge in [-0.1, -0.05) is 19.0 Å². The lowest BCUT2D eigenvalue weighted by Crippen LogP contribution is -2.56. The van der Waals surface area contributed by atoms with Crippen LogP contribution in [0.25, 0.3) is 10.4 Å². The van der Waals surface area contributed by atoms with Crippen molar-refractivity contribution in [2.24, 2.45) is 10.5 Å². The number of aliphatic hydroxyl groups excluding tert-OH is 3. The summed E-state index contributed by atoms with van der Waals surface area (Å²) in [4.78, 5) is 2.88. The van der Waals surface area contributed by atoms with Gasteiger partial charge in [-0.25, -0.2) is 0 Å². The Hall–Kier alpha value is -0.500. The minimum absolute atomic E-state index is 0.0448. The Bertz CT molecular complexity index is 430. The van der Waals surface area contributed by atoms with Gasteiger partial charge in [0.1, 0.15) is 23.7 Å². The summed E-state index contributed by atoms with van der Waals surface area (Å²) in [6.07, 6.45) is -2.43. The number of aliphatic hydroxyl groups is 3. The van der Waals surface area contributed by atoms with Crippen LogP contribution in [0.1, 0.15) is 33.6 Å². The standard InChI is InChI=1S/C13H23N3O4S/c1-6-9(17)10(18)11(19)12(20-6)21-8-4-7(15-16-14)5-13(8,2)3/h6-12,17-19H,4-5H2,1-3H3/t6-,7?,8?,9+,10+,11-,12-/m0/s1. The molecule has 1 aliphatic heterocycles. The lowest BCUT2D eigenvalue weighted by Gasteiger charge is -2.41. The maximum Gasteiger partial charge on any atom is 0.132 e. The van der Waals surface area contributed by atoms with E-state index in [4.69, 9.17) is 10.3 Å². The third-order valence-corrected chi connectivity index (χ3v) is 6.26. The van der Waals surface area contributed by atoms with Crippen LogP contribution in [0.5, 0.6) is 0 Å². The molecule has 0 aromatic heterocycles. The third-order valence-electron chi connectivity index (χ3n) is 4.44. The SMILES string of the molecule is C[C@@H]1O[C@@H](SC2CC(N=[N+]=[N-])CC2(C)C)[C@@H](O)[C@H](O)[C@@H]1O. The van der Waals surface area contributed by atoms with E-state index < -0.39 is 29.9 Å². The number of nitrogens with zero attached hydrogens (tertiary/aromatic N) is 3. The van der Waals surface area contributed by atoms with Gasteiger partial charge in [0, 0.05) is 16.2 Å². The first-order valence-corrected chi connectivity index (χ1v) is 8.10. The van der Waals surface area contributed by atoms with Gasteiger partial charge in [-0.3, -0.25) is 0 Å². The highest BCUT2D eigenvalue weighted by Gasteiger charge is 2.47. The maximum absolute atomic E-state index is 10.1. The first kappa shape index (κ1) is 16.9. The molecule has 2 fully saturated rings. The quantitative estimate of drug-likeness (QED) is 0.413. The molecule has 1 saturated heterocycles. The van der Waals surface area contributed by atoms with Crippen LogP contribution in [0.3, 0.4) is 0 Å². The molecule has 0 spiro atoms. The molecular weight excluding hydrogens is 294 g/mol. The van der Waals surface area contributed by atoms with Crippen molar-refractivity contribution in [3.63, 3.8) is 0 Å². The minimum atomic E-state index is -1.20. The van der Waals surface area contributed by atoms with E-state index in [0.717, 1.165) is 12.8 Å². The predicted molar refractivity (Wildman–Crippen MR) is 79.7 cm³/mol. The summed E-state index contributed by atoms with van der Waals surface area (Å²) >= 11 is 1.46. The molecule has 2 unspecified atom stereocenters. The molecule has 7 nitrogen and oxygen atoms in total. The summed E-state index contributed by atoms with van der Waals surface area (Å²) in [7, 11) is 0. The van der Waals surface area contributed by atoms with Gasteiger partial charge in [-0.15, -0.1) is 11.8 Å². The van der Waals surface area contributed by atoms with Crippen molar-refractivity contribution in [1.29, 1.82) is 0 Å². The minimum Gasteiger partial charge on any atom is -0.388 e. The van der Waals surface area contributed by atoms with E-state index in [1.165, 1.54) is 11.8 Å². The van der Waals surface area contributed by atoms with Crippen molar-refractivity contribution in [3.8, 4) is 0 Å². The van der Waals surface area contributed by atoms with Crippen molar-refractivity contribution in [2.45, 2.75) is 74.8 Å². The number of hydrogen-bond donors (Lipinski definition) is 3. The zero-order chi connectivity index (χ0) is 15.8. The van der Waals surface area contributed by atoms with Gasteiger partial charge >= 0.3 is 0 Å². The highest BCUT2D eigenvalue weighted by Crippen LogP contribution is 2.48. The molecule has 1 heterocycles. The first-order chi connectivity index (χ1) is 9.76. The number of azide groups is 1. The van der Waals surface area contributed by atoms with Gasteiger partial charge in [-0.2, -0.15) is 0 Å². The summed E-state index contributed by atoms with van der Waals surface area (Å²) < 4.78 is 5.63.